The van der Waals surface area contributed by atoms with Gasteiger partial charge in [-0.3, -0.25) is 9.59 Å². The first-order valence-corrected chi connectivity index (χ1v) is 6.52. The van der Waals surface area contributed by atoms with E-state index in [0.29, 0.717) is 11.5 Å². The summed E-state index contributed by atoms with van der Waals surface area (Å²) in [5.74, 6) is 0.559. The SMILES string of the molecule is CC(C)NC(=O)CNC(=O)[C@@H]1COc2ccccc2O1. The van der Waals surface area contributed by atoms with Gasteiger partial charge in [-0.15, -0.1) is 0 Å². The fraction of sp³-hybridized carbons (Fsp3) is 0.429. The highest BCUT2D eigenvalue weighted by molar-refractivity contribution is 5.87. The molecule has 0 saturated heterocycles. The van der Waals surface area contributed by atoms with Crippen molar-refractivity contribution in [2.45, 2.75) is 26.0 Å². The molecule has 1 aliphatic heterocycles. The van der Waals surface area contributed by atoms with Crippen LogP contribution in [-0.2, 0) is 9.59 Å². The van der Waals surface area contributed by atoms with Crippen molar-refractivity contribution in [3.63, 3.8) is 0 Å². The maximum Gasteiger partial charge on any atom is 0.265 e. The Morgan fingerprint density at radius 1 is 1.30 bits per heavy atom. The Morgan fingerprint density at radius 2 is 2.00 bits per heavy atom. The molecule has 1 aliphatic rings. The van der Waals surface area contributed by atoms with Gasteiger partial charge in [-0.25, -0.2) is 0 Å². The Morgan fingerprint density at radius 3 is 2.70 bits per heavy atom. The number of fused-ring (bicyclic) bond motifs is 1. The fourth-order valence-corrected chi connectivity index (χ4v) is 1.80. The first-order chi connectivity index (χ1) is 9.56. The summed E-state index contributed by atoms with van der Waals surface area (Å²) in [6.07, 6.45) is -0.739. The van der Waals surface area contributed by atoms with Crippen molar-refractivity contribution in [3.8, 4) is 11.5 Å². The van der Waals surface area contributed by atoms with Crippen LogP contribution in [0.5, 0.6) is 11.5 Å². The summed E-state index contributed by atoms with van der Waals surface area (Å²) in [4.78, 5) is 23.3. The number of benzene rings is 1. The quantitative estimate of drug-likeness (QED) is 0.839. The van der Waals surface area contributed by atoms with E-state index in [1.807, 2.05) is 19.9 Å². The van der Waals surface area contributed by atoms with Gasteiger partial charge in [-0.2, -0.15) is 0 Å². The lowest BCUT2D eigenvalue weighted by Gasteiger charge is -2.25. The summed E-state index contributed by atoms with van der Waals surface area (Å²) >= 11 is 0. The van der Waals surface area contributed by atoms with E-state index in [-0.39, 0.29) is 31.0 Å². The minimum atomic E-state index is -0.739. The molecule has 0 radical (unpaired) electrons. The first kappa shape index (κ1) is 14.2. The molecule has 1 aromatic rings. The molecular weight excluding hydrogens is 260 g/mol. The first-order valence-electron chi connectivity index (χ1n) is 6.52. The van der Waals surface area contributed by atoms with E-state index >= 15 is 0 Å². The molecule has 1 heterocycles. The number of ether oxygens (including phenoxy) is 2. The van der Waals surface area contributed by atoms with E-state index in [2.05, 4.69) is 10.6 Å². The molecule has 2 N–H and O–H groups in total. The summed E-state index contributed by atoms with van der Waals surface area (Å²) in [5, 5.41) is 5.22. The van der Waals surface area contributed by atoms with Crippen LogP contribution in [0.3, 0.4) is 0 Å². The largest absolute Gasteiger partial charge is 0.485 e. The number of carbonyl (C=O) groups is 2. The Labute approximate surface area is 117 Å². The van der Waals surface area contributed by atoms with Crippen molar-refractivity contribution in [1.82, 2.24) is 10.6 Å². The van der Waals surface area contributed by atoms with Crippen LogP contribution in [0, 0.1) is 0 Å². The smallest absolute Gasteiger partial charge is 0.265 e. The third-order valence-electron chi connectivity index (χ3n) is 2.67. The highest BCUT2D eigenvalue weighted by Gasteiger charge is 2.27. The van der Waals surface area contributed by atoms with Crippen molar-refractivity contribution in [2.24, 2.45) is 0 Å². The second kappa shape index (κ2) is 6.27. The third kappa shape index (κ3) is 3.63. The average Bonchev–Trinajstić information content (AvgIpc) is 2.43. The number of para-hydroxylation sites is 2. The molecule has 1 aromatic carbocycles. The van der Waals surface area contributed by atoms with E-state index in [0.717, 1.165) is 0 Å². The molecule has 0 spiro atoms. The monoisotopic (exact) mass is 278 g/mol. The normalized spacial score (nSPS) is 16.6. The maximum atomic E-state index is 11.9. The van der Waals surface area contributed by atoms with Crippen molar-refractivity contribution in [3.05, 3.63) is 24.3 Å². The lowest BCUT2D eigenvalue weighted by molar-refractivity contribution is -0.132. The molecule has 0 saturated carbocycles. The van der Waals surface area contributed by atoms with Crippen LogP contribution in [0.25, 0.3) is 0 Å². The predicted molar refractivity (Wildman–Crippen MR) is 72.6 cm³/mol. The third-order valence-corrected chi connectivity index (χ3v) is 2.67. The highest BCUT2D eigenvalue weighted by Crippen LogP contribution is 2.30. The summed E-state index contributed by atoms with van der Waals surface area (Å²) in [5.41, 5.74) is 0. The van der Waals surface area contributed by atoms with Crippen LogP contribution in [-0.4, -0.2) is 37.1 Å². The Kier molecular flexibility index (Phi) is 4.45. The van der Waals surface area contributed by atoms with Gasteiger partial charge in [-0.1, -0.05) is 12.1 Å². The maximum absolute atomic E-state index is 11.9. The van der Waals surface area contributed by atoms with Crippen molar-refractivity contribution in [2.75, 3.05) is 13.2 Å². The molecule has 0 fully saturated rings. The molecule has 2 amide bonds. The van der Waals surface area contributed by atoms with Gasteiger partial charge in [0.05, 0.1) is 6.54 Å². The Balaban J connectivity index is 1.84. The average molecular weight is 278 g/mol. The van der Waals surface area contributed by atoms with E-state index in [4.69, 9.17) is 9.47 Å². The summed E-state index contributed by atoms with van der Waals surface area (Å²) in [6, 6.07) is 7.19. The molecule has 0 bridgehead atoms. The zero-order valence-electron chi connectivity index (χ0n) is 11.5. The molecule has 20 heavy (non-hydrogen) atoms. The molecule has 1 atom stereocenters. The van der Waals surface area contributed by atoms with Crippen molar-refractivity contribution in [1.29, 1.82) is 0 Å². The van der Waals surface area contributed by atoms with E-state index in [1.165, 1.54) is 0 Å². The van der Waals surface area contributed by atoms with Gasteiger partial charge in [0.2, 0.25) is 12.0 Å². The minimum absolute atomic E-state index is 0.0422. The highest BCUT2D eigenvalue weighted by atomic mass is 16.6. The zero-order valence-corrected chi connectivity index (χ0v) is 11.5. The lowest BCUT2D eigenvalue weighted by Crippen LogP contribution is -2.47. The van der Waals surface area contributed by atoms with Crippen LogP contribution in [0.1, 0.15) is 13.8 Å². The lowest BCUT2D eigenvalue weighted by atomic mass is 10.2. The second-order valence-corrected chi connectivity index (χ2v) is 4.80. The van der Waals surface area contributed by atoms with Crippen LogP contribution in [0.2, 0.25) is 0 Å². The fourth-order valence-electron chi connectivity index (χ4n) is 1.80. The topological polar surface area (TPSA) is 76.7 Å². The van der Waals surface area contributed by atoms with Crippen LogP contribution in [0.15, 0.2) is 24.3 Å². The molecular formula is C14H18N2O4. The van der Waals surface area contributed by atoms with Gasteiger partial charge >= 0.3 is 0 Å². The van der Waals surface area contributed by atoms with Gasteiger partial charge in [0.1, 0.15) is 6.61 Å². The number of hydrogen-bond acceptors (Lipinski definition) is 4. The Bertz CT molecular complexity index is 502. The predicted octanol–water partition coefficient (Wildman–Crippen LogP) is 0.467. The number of amides is 2. The number of hydrogen-bond donors (Lipinski definition) is 2. The summed E-state index contributed by atoms with van der Waals surface area (Å²) < 4.78 is 11.0. The summed E-state index contributed by atoms with van der Waals surface area (Å²) in [6.45, 7) is 3.77. The molecule has 6 heteroatoms. The molecule has 2 rings (SSSR count). The molecule has 108 valence electrons. The molecule has 0 unspecified atom stereocenters. The standard InChI is InChI=1S/C14H18N2O4/c1-9(2)16-13(17)7-15-14(18)12-8-19-10-5-3-4-6-11(10)20-12/h3-6,9,12H,7-8H2,1-2H3,(H,15,18)(H,16,17)/t12-/m0/s1. The number of rotatable bonds is 4. The molecule has 0 aromatic heterocycles. The van der Waals surface area contributed by atoms with Gasteiger partial charge < -0.3 is 20.1 Å². The Hall–Kier alpha value is -2.24. The van der Waals surface area contributed by atoms with Gasteiger partial charge in [0, 0.05) is 6.04 Å². The van der Waals surface area contributed by atoms with E-state index in [9.17, 15) is 9.59 Å². The van der Waals surface area contributed by atoms with E-state index < -0.39 is 6.10 Å². The zero-order chi connectivity index (χ0) is 14.5. The summed E-state index contributed by atoms with van der Waals surface area (Å²) in [7, 11) is 0. The van der Waals surface area contributed by atoms with Crippen LogP contribution in [0.4, 0.5) is 0 Å². The van der Waals surface area contributed by atoms with Crippen LogP contribution < -0.4 is 20.1 Å². The minimum Gasteiger partial charge on any atom is -0.485 e. The number of nitrogens with one attached hydrogen (secondary N) is 2. The van der Waals surface area contributed by atoms with Gasteiger partial charge in [0.25, 0.3) is 5.91 Å². The number of carbonyl (C=O) groups excluding carboxylic acids is 2. The molecule has 6 nitrogen and oxygen atoms in total. The van der Waals surface area contributed by atoms with Crippen LogP contribution >= 0.6 is 0 Å². The van der Waals surface area contributed by atoms with Crippen molar-refractivity contribution < 1.29 is 19.1 Å². The van der Waals surface area contributed by atoms with E-state index in [1.54, 1.807) is 18.2 Å². The second-order valence-electron chi connectivity index (χ2n) is 4.80. The van der Waals surface area contributed by atoms with Gasteiger partial charge in [-0.05, 0) is 26.0 Å². The van der Waals surface area contributed by atoms with Gasteiger partial charge in [0.15, 0.2) is 11.5 Å². The van der Waals surface area contributed by atoms with Crippen molar-refractivity contribution >= 4 is 11.8 Å². The molecule has 0 aliphatic carbocycles.